The van der Waals surface area contributed by atoms with Gasteiger partial charge in [0.1, 0.15) is 6.04 Å². The third kappa shape index (κ3) is 2.83. The van der Waals surface area contributed by atoms with E-state index in [0.717, 1.165) is 11.1 Å². The summed E-state index contributed by atoms with van der Waals surface area (Å²) in [7, 11) is 0. The van der Waals surface area contributed by atoms with Crippen molar-refractivity contribution in [2.24, 2.45) is 0 Å². The number of nitrogens with zero attached hydrogens (tertiary/aromatic N) is 4. The van der Waals surface area contributed by atoms with E-state index in [1.54, 1.807) is 35.3 Å². The van der Waals surface area contributed by atoms with Crippen molar-refractivity contribution in [3.05, 3.63) is 77.6 Å². The van der Waals surface area contributed by atoms with E-state index in [-0.39, 0.29) is 12.5 Å². The lowest BCUT2D eigenvalue weighted by atomic mass is 9.93. The second-order valence-electron chi connectivity index (χ2n) is 6.16. The van der Waals surface area contributed by atoms with Gasteiger partial charge in [0, 0.05) is 18.5 Å². The summed E-state index contributed by atoms with van der Waals surface area (Å²) in [6.45, 7) is 0.277. The van der Waals surface area contributed by atoms with Gasteiger partial charge in [-0.05, 0) is 29.3 Å². The van der Waals surface area contributed by atoms with Crippen LogP contribution >= 0.6 is 0 Å². The molecule has 26 heavy (non-hydrogen) atoms. The molecule has 7 heteroatoms. The van der Waals surface area contributed by atoms with Gasteiger partial charge in [-0.3, -0.25) is 4.79 Å². The van der Waals surface area contributed by atoms with Gasteiger partial charge >= 0.3 is 5.97 Å². The highest BCUT2D eigenvalue weighted by atomic mass is 16.4. The van der Waals surface area contributed by atoms with Crippen LogP contribution in [0.1, 0.15) is 21.5 Å². The lowest BCUT2D eigenvalue weighted by molar-refractivity contribution is -0.142. The normalized spacial score (nSPS) is 16.2. The molecule has 0 saturated heterocycles. The number of hydrogen-bond donors (Lipinski definition) is 1. The maximum Gasteiger partial charge on any atom is 0.326 e. The molecular weight excluding hydrogens is 332 g/mol. The maximum absolute atomic E-state index is 13.1. The monoisotopic (exact) mass is 348 g/mol. The average Bonchev–Trinajstić information content (AvgIpc) is 3.21. The van der Waals surface area contributed by atoms with Gasteiger partial charge in [0.25, 0.3) is 5.91 Å². The first kappa shape index (κ1) is 16.0. The number of carbonyl (C=O) groups is 2. The number of benzene rings is 2. The number of amides is 1. The fourth-order valence-corrected chi connectivity index (χ4v) is 3.25. The van der Waals surface area contributed by atoms with Gasteiger partial charge < -0.3 is 10.0 Å². The fraction of sp³-hybridized carbons (Fsp3) is 0.158. The number of aliphatic carboxylic acids is 1. The first-order chi connectivity index (χ1) is 12.6. The van der Waals surface area contributed by atoms with Gasteiger partial charge in [0.15, 0.2) is 0 Å². The molecule has 1 N–H and O–H groups in total. The predicted molar refractivity (Wildman–Crippen MR) is 92.8 cm³/mol. The van der Waals surface area contributed by atoms with Crippen LogP contribution in [-0.4, -0.2) is 42.9 Å². The van der Waals surface area contributed by atoms with E-state index in [2.05, 4.69) is 10.3 Å². The molecule has 0 spiro atoms. The Morgan fingerprint density at radius 2 is 1.88 bits per heavy atom. The number of hydrogen-bond acceptors (Lipinski definition) is 4. The van der Waals surface area contributed by atoms with E-state index < -0.39 is 12.0 Å². The summed E-state index contributed by atoms with van der Waals surface area (Å²) in [6.07, 6.45) is 3.54. The number of fused-ring (bicyclic) bond motifs is 1. The van der Waals surface area contributed by atoms with Gasteiger partial charge in [-0.2, -0.15) is 0 Å². The summed E-state index contributed by atoms with van der Waals surface area (Å²) >= 11 is 0. The van der Waals surface area contributed by atoms with Crippen LogP contribution in [0.4, 0.5) is 0 Å². The third-order valence-corrected chi connectivity index (χ3v) is 4.57. The third-order valence-electron chi connectivity index (χ3n) is 4.57. The Hall–Kier alpha value is -3.48. The van der Waals surface area contributed by atoms with Gasteiger partial charge in [0.2, 0.25) is 0 Å². The Morgan fingerprint density at radius 1 is 1.08 bits per heavy atom. The molecule has 1 atom stereocenters. The van der Waals surface area contributed by atoms with Crippen molar-refractivity contribution >= 4 is 11.9 Å². The zero-order chi connectivity index (χ0) is 18.1. The molecule has 2 aromatic carbocycles. The molecule has 1 aliphatic heterocycles. The predicted octanol–water partition coefficient (Wildman–Crippen LogP) is 1.92. The molecule has 1 aliphatic rings. The molecule has 0 saturated carbocycles. The summed E-state index contributed by atoms with van der Waals surface area (Å²) in [5, 5.41) is 17.3. The molecular formula is C19H16N4O3. The smallest absolute Gasteiger partial charge is 0.326 e. The van der Waals surface area contributed by atoms with Crippen molar-refractivity contribution in [2.75, 3.05) is 0 Å². The molecule has 0 radical (unpaired) electrons. The molecule has 3 aromatic rings. The molecule has 1 aromatic heterocycles. The molecule has 1 unspecified atom stereocenters. The number of aromatic nitrogens is 3. The molecule has 0 bridgehead atoms. The van der Waals surface area contributed by atoms with Crippen LogP contribution in [-0.2, 0) is 17.8 Å². The van der Waals surface area contributed by atoms with E-state index in [9.17, 15) is 14.7 Å². The summed E-state index contributed by atoms with van der Waals surface area (Å²) in [5.41, 5.74) is 3.06. The van der Waals surface area contributed by atoms with Gasteiger partial charge in [-0.15, -0.1) is 5.10 Å². The highest BCUT2D eigenvalue weighted by molar-refractivity contribution is 5.97. The van der Waals surface area contributed by atoms with Crippen LogP contribution in [0.3, 0.4) is 0 Å². The van der Waals surface area contributed by atoms with E-state index in [4.69, 9.17) is 0 Å². The molecule has 7 nitrogen and oxygen atoms in total. The lowest BCUT2D eigenvalue weighted by Gasteiger charge is -2.34. The lowest BCUT2D eigenvalue weighted by Crippen LogP contribution is -2.48. The quantitative estimate of drug-likeness (QED) is 0.781. The highest BCUT2D eigenvalue weighted by Crippen LogP contribution is 2.25. The van der Waals surface area contributed by atoms with Crippen molar-refractivity contribution in [2.45, 2.75) is 19.0 Å². The molecule has 130 valence electrons. The van der Waals surface area contributed by atoms with Crippen molar-refractivity contribution in [1.29, 1.82) is 0 Å². The average molecular weight is 348 g/mol. The van der Waals surface area contributed by atoms with Crippen LogP contribution in [0.15, 0.2) is 60.9 Å². The Bertz CT molecular complexity index is 968. The van der Waals surface area contributed by atoms with Crippen LogP contribution in [0, 0.1) is 0 Å². The number of rotatable bonds is 3. The van der Waals surface area contributed by atoms with Crippen LogP contribution in [0.5, 0.6) is 0 Å². The molecule has 4 rings (SSSR count). The van der Waals surface area contributed by atoms with Crippen molar-refractivity contribution in [1.82, 2.24) is 19.9 Å². The Balaban J connectivity index is 1.68. The number of carbonyl (C=O) groups excluding carboxylic acids is 1. The Labute approximate surface area is 149 Å². The molecule has 0 aliphatic carbocycles. The SMILES string of the molecule is O=C(O)C1Cc2ccccc2CN1C(=O)c1cccc(-n2ccnn2)c1. The second kappa shape index (κ2) is 6.44. The second-order valence-corrected chi connectivity index (χ2v) is 6.16. The zero-order valence-corrected chi connectivity index (χ0v) is 13.8. The summed E-state index contributed by atoms with van der Waals surface area (Å²) in [5.74, 6) is -1.31. The van der Waals surface area contributed by atoms with Gasteiger partial charge in [-0.25, -0.2) is 9.48 Å². The van der Waals surface area contributed by atoms with E-state index in [1.807, 2.05) is 30.3 Å². The topological polar surface area (TPSA) is 88.3 Å². The summed E-state index contributed by atoms with van der Waals surface area (Å²) < 4.78 is 1.55. The highest BCUT2D eigenvalue weighted by Gasteiger charge is 2.34. The first-order valence-corrected chi connectivity index (χ1v) is 8.21. The summed E-state index contributed by atoms with van der Waals surface area (Å²) in [6, 6.07) is 13.7. The number of carboxylic acid groups (broad SMARTS) is 1. The van der Waals surface area contributed by atoms with E-state index in [0.29, 0.717) is 17.7 Å². The van der Waals surface area contributed by atoms with Gasteiger partial charge in [-0.1, -0.05) is 35.5 Å². The van der Waals surface area contributed by atoms with Crippen molar-refractivity contribution in [3.63, 3.8) is 0 Å². The largest absolute Gasteiger partial charge is 0.480 e. The molecule has 1 amide bonds. The Kier molecular flexibility index (Phi) is 3.96. The van der Waals surface area contributed by atoms with Crippen LogP contribution in [0.2, 0.25) is 0 Å². The van der Waals surface area contributed by atoms with Crippen molar-refractivity contribution < 1.29 is 14.7 Å². The van der Waals surface area contributed by atoms with E-state index in [1.165, 1.54) is 4.90 Å². The fourth-order valence-electron chi connectivity index (χ4n) is 3.25. The maximum atomic E-state index is 13.1. The summed E-state index contributed by atoms with van der Waals surface area (Å²) in [4.78, 5) is 26.2. The van der Waals surface area contributed by atoms with Crippen molar-refractivity contribution in [3.8, 4) is 5.69 Å². The Morgan fingerprint density at radius 3 is 2.62 bits per heavy atom. The standard InChI is InChI=1S/C19H16N4O3/c24-18(14-6-3-7-16(10-14)23-9-8-20-21-23)22-12-15-5-2-1-4-13(15)11-17(22)19(25)26/h1-10,17H,11-12H2,(H,25,26). The first-order valence-electron chi connectivity index (χ1n) is 8.21. The van der Waals surface area contributed by atoms with Gasteiger partial charge in [0.05, 0.1) is 18.1 Å². The minimum atomic E-state index is -1.000. The molecule has 2 heterocycles. The van der Waals surface area contributed by atoms with Crippen LogP contribution in [0.25, 0.3) is 5.69 Å². The minimum Gasteiger partial charge on any atom is -0.480 e. The zero-order valence-electron chi connectivity index (χ0n) is 13.8. The minimum absolute atomic E-state index is 0.277. The molecule has 0 fully saturated rings. The van der Waals surface area contributed by atoms with Crippen LogP contribution < -0.4 is 0 Å². The van der Waals surface area contributed by atoms with E-state index >= 15 is 0 Å². The number of carboxylic acids is 1.